The summed E-state index contributed by atoms with van der Waals surface area (Å²) >= 11 is 1.05. The molecule has 7 nitrogen and oxygen atoms in total. The van der Waals surface area contributed by atoms with Gasteiger partial charge in [0.15, 0.2) is 4.21 Å². The minimum absolute atomic E-state index is 0.0363. The fourth-order valence-electron chi connectivity index (χ4n) is 4.39. The number of carbonyl (C=O) groups is 2. The number of carbonyl (C=O) groups excluding carboxylic acids is 2. The van der Waals surface area contributed by atoms with Crippen molar-refractivity contribution in [3.05, 3.63) is 57.5 Å². The van der Waals surface area contributed by atoms with Crippen LogP contribution in [0.1, 0.15) is 51.2 Å². The highest BCUT2D eigenvalue weighted by Gasteiger charge is 2.36. The predicted molar refractivity (Wildman–Crippen MR) is 128 cm³/mol. The van der Waals surface area contributed by atoms with E-state index in [1.165, 1.54) is 7.11 Å². The van der Waals surface area contributed by atoms with Crippen molar-refractivity contribution >= 4 is 38.9 Å². The highest BCUT2D eigenvalue weighted by atomic mass is 32.2. The van der Waals surface area contributed by atoms with Gasteiger partial charge in [-0.05, 0) is 62.3 Å². The van der Waals surface area contributed by atoms with Gasteiger partial charge in [0.05, 0.1) is 24.9 Å². The number of anilines is 1. The number of benzene rings is 1. The lowest BCUT2D eigenvalue weighted by Crippen LogP contribution is -2.39. The van der Waals surface area contributed by atoms with Crippen LogP contribution in [-0.2, 0) is 32.5 Å². The third-order valence-electron chi connectivity index (χ3n) is 6.44. The van der Waals surface area contributed by atoms with Crippen LogP contribution >= 0.6 is 11.3 Å². The number of sulfonamides is 1. The van der Waals surface area contributed by atoms with Gasteiger partial charge in [0, 0.05) is 17.3 Å². The molecule has 1 unspecified atom stereocenters. The van der Waals surface area contributed by atoms with Gasteiger partial charge in [0.1, 0.15) is 0 Å². The molecule has 0 radical (unpaired) electrons. The summed E-state index contributed by atoms with van der Waals surface area (Å²) in [6, 6.07) is 5.39. The Balaban J connectivity index is 1.68. The van der Waals surface area contributed by atoms with Crippen molar-refractivity contribution in [3.8, 4) is 0 Å². The van der Waals surface area contributed by atoms with Gasteiger partial charge < -0.3 is 9.64 Å². The van der Waals surface area contributed by atoms with E-state index in [0.29, 0.717) is 30.8 Å². The molecular weight excluding hydrogens is 460 g/mol. The molecule has 2 aliphatic rings. The van der Waals surface area contributed by atoms with Gasteiger partial charge in [-0.15, -0.1) is 11.3 Å². The molecular formula is C24H28N2O5S2. The average Bonchev–Trinajstić information content (AvgIpc) is 3.21. The first-order valence-corrected chi connectivity index (χ1v) is 13.3. The van der Waals surface area contributed by atoms with Gasteiger partial charge in [-0.1, -0.05) is 24.3 Å². The smallest absolute Gasteiger partial charge is 0.340 e. The standard InChI is InChI=1S/C24H28N2O5S2/c1-15-8-7-11-19(16(15)2)25-33(29,30)24-21(23(28)31-3)18-12-13-26(14-20(18)32-24)22(27)17-9-5-4-6-10-17/h4-5,7-8,11,17,25H,6,9-10,12-14H2,1-3H3. The van der Waals surface area contributed by atoms with Gasteiger partial charge >= 0.3 is 5.97 Å². The lowest BCUT2D eigenvalue weighted by Gasteiger charge is -2.31. The molecule has 1 aromatic heterocycles. The highest BCUT2D eigenvalue weighted by Crippen LogP contribution is 2.38. The molecule has 1 aromatic carbocycles. The van der Waals surface area contributed by atoms with Crippen molar-refractivity contribution in [1.82, 2.24) is 4.90 Å². The topological polar surface area (TPSA) is 92.8 Å². The Hall–Kier alpha value is -2.65. The van der Waals surface area contributed by atoms with E-state index in [4.69, 9.17) is 4.74 Å². The third-order valence-corrected chi connectivity index (χ3v) is 9.54. The van der Waals surface area contributed by atoms with Crippen LogP contribution in [0.5, 0.6) is 0 Å². The van der Waals surface area contributed by atoms with E-state index < -0.39 is 16.0 Å². The maximum Gasteiger partial charge on any atom is 0.340 e. The number of nitrogens with zero attached hydrogens (tertiary/aromatic N) is 1. The SMILES string of the molecule is COC(=O)c1c(S(=O)(=O)Nc2cccc(C)c2C)sc2c1CCN(C(=O)C1CC=CCC1)C2. The number of nitrogens with one attached hydrogen (secondary N) is 1. The number of rotatable bonds is 5. The first-order valence-electron chi connectivity index (χ1n) is 11.0. The van der Waals surface area contributed by atoms with Gasteiger partial charge in [-0.2, -0.15) is 0 Å². The lowest BCUT2D eigenvalue weighted by atomic mass is 9.92. The number of amides is 1. The summed E-state index contributed by atoms with van der Waals surface area (Å²) < 4.78 is 34.3. The fourth-order valence-corrected chi connectivity index (χ4v) is 7.42. The number of ether oxygens (including phenoxy) is 1. The molecule has 1 atom stereocenters. The largest absolute Gasteiger partial charge is 0.465 e. The molecule has 2 aromatic rings. The van der Waals surface area contributed by atoms with Gasteiger partial charge in [-0.3, -0.25) is 9.52 Å². The number of aryl methyl sites for hydroxylation is 1. The summed E-state index contributed by atoms with van der Waals surface area (Å²) in [5.74, 6) is -0.618. The highest BCUT2D eigenvalue weighted by molar-refractivity contribution is 7.94. The van der Waals surface area contributed by atoms with Crippen LogP contribution in [0.15, 0.2) is 34.6 Å². The first-order chi connectivity index (χ1) is 15.7. The second-order valence-electron chi connectivity index (χ2n) is 8.50. The van der Waals surface area contributed by atoms with Crippen molar-refractivity contribution < 1.29 is 22.7 Å². The van der Waals surface area contributed by atoms with Crippen molar-refractivity contribution in [3.63, 3.8) is 0 Å². The zero-order valence-corrected chi connectivity index (χ0v) is 20.6. The molecule has 9 heteroatoms. The minimum atomic E-state index is -4.04. The van der Waals surface area contributed by atoms with Crippen molar-refractivity contribution in [2.45, 2.75) is 50.3 Å². The van der Waals surface area contributed by atoms with Crippen LogP contribution in [0, 0.1) is 19.8 Å². The van der Waals surface area contributed by atoms with E-state index in [1.54, 1.807) is 17.0 Å². The molecule has 176 valence electrons. The van der Waals surface area contributed by atoms with Crippen LogP contribution in [0.4, 0.5) is 5.69 Å². The van der Waals surface area contributed by atoms with E-state index in [2.05, 4.69) is 10.8 Å². The van der Waals surface area contributed by atoms with Crippen molar-refractivity contribution in [2.75, 3.05) is 18.4 Å². The van der Waals surface area contributed by atoms with Crippen LogP contribution in [-0.4, -0.2) is 38.8 Å². The van der Waals surface area contributed by atoms with Crippen molar-refractivity contribution in [1.29, 1.82) is 0 Å². The number of thiophene rings is 1. The maximum absolute atomic E-state index is 13.4. The molecule has 33 heavy (non-hydrogen) atoms. The minimum Gasteiger partial charge on any atom is -0.465 e. The number of hydrogen-bond donors (Lipinski definition) is 1. The van der Waals surface area contributed by atoms with E-state index in [9.17, 15) is 18.0 Å². The number of methoxy groups -OCH3 is 1. The Morgan fingerprint density at radius 1 is 1.21 bits per heavy atom. The lowest BCUT2D eigenvalue weighted by molar-refractivity contribution is -0.136. The van der Waals surface area contributed by atoms with Crippen molar-refractivity contribution in [2.24, 2.45) is 5.92 Å². The summed E-state index contributed by atoms with van der Waals surface area (Å²) in [6.07, 6.45) is 7.03. The monoisotopic (exact) mass is 488 g/mol. The summed E-state index contributed by atoms with van der Waals surface area (Å²) in [4.78, 5) is 28.2. The number of hydrogen-bond acceptors (Lipinski definition) is 6. The van der Waals surface area contributed by atoms with Crippen LogP contribution in [0.25, 0.3) is 0 Å². The fraction of sp³-hybridized carbons (Fsp3) is 0.417. The molecule has 0 spiro atoms. The second-order valence-corrected chi connectivity index (χ2v) is 11.5. The van der Waals surface area contributed by atoms with Crippen LogP contribution in [0.2, 0.25) is 0 Å². The predicted octanol–water partition coefficient (Wildman–Crippen LogP) is 4.19. The quantitative estimate of drug-likeness (QED) is 0.503. The summed E-state index contributed by atoms with van der Waals surface area (Å²) in [5, 5.41) is 0. The molecule has 1 aliphatic heterocycles. The molecule has 1 aliphatic carbocycles. The Bertz CT molecular complexity index is 1230. The Kier molecular flexibility index (Phi) is 6.63. The number of fused-ring (bicyclic) bond motifs is 1. The molecule has 0 bridgehead atoms. The molecule has 1 amide bonds. The Labute approximate surface area is 198 Å². The zero-order valence-electron chi connectivity index (χ0n) is 19.0. The third kappa shape index (κ3) is 4.56. The zero-order chi connectivity index (χ0) is 23.8. The van der Waals surface area contributed by atoms with Gasteiger partial charge in [-0.25, -0.2) is 13.2 Å². The first kappa shape index (κ1) is 23.5. The average molecular weight is 489 g/mol. The molecule has 2 heterocycles. The van der Waals surface area contributed by atoms with Crippen LogP contribution < -0.4 is 4.72 Å². The normalized spacial score (nSPS) is 18.0. The number of allylic oxidation sites excluding steroid dienone is 2. The number of esters is 1. The molecule has 1 N–H and O–H groups in total. The molecule has 0 saturated carbocycles. The molecule has 0 saturated heterocycles. The molecule has 0 fully saturated rings. The van der Waals surface area contributed by atoms with E-state index in [-0.39, 0.29) is 21.6 Å². The summed E-state index contributed by atoms with van der Waals surface area (Å²) in [7, 11) is -2.79. The van der Waals surface area contributed by atoms with E-state index in [1.807, 2.05) is 26.0 Å². The maximum atomic E-state index is 13.4. The Morgan fingerprint density at radius 3 is 2.70 bits per heavy atom. The molecule has 4 rings (SSSR count). The van der Waals surface area contributed by atoms with Gasteiger partial charge in [0.2, 0.25) is 5.91 Å². The van der Waals surface area contributed by atoms with Crippen LogP contribution in [0.3, 0.4) is 0 Å². The summed E-state index contributed by atoms with van der Waals surface area (Å²) in [5.41, 5.74) is 3.00. The second kappa shape index (κ2) is 9.30. The summed E-state index contributed by atoms with van der Waals surface area (Å²) in [6.45, 7) is 4.51. The van der Waals surface area contributed by atoms with E-state index in [0.717, 1.165) is 46.6 Å². The van der Waals surface area contributed by atoms with Gasteiger partial charge in [0.25, 0.3) is 10.0 Å². The Morgan fingerprint density at radius 2 is 2.00 bits per heavy atom. The van der Waals surface area contributed by atoms with E-state index >= 15 is 0 Å².